The van der Waals surface area contributed by atoms with Crippen LogP contribution in [0.5, 0.6) is 0 Å². The van der Waals surface area contributed by atoms with Gasteiger partial charge in [0, 0.05) is 57.0 Å². The van der Waals surface area contributed by atoms with Crippen molar-refractivity contribution in [2.75, 3.05) is 51.8 Å². The van der Waals surface area contributed by atoms with Crippen LogP contribution in [0.1, 0.15) is 18.4 Å². The summed E-state index contributed by atoms with van der Waals surface area (Å²) >= 11 is 6.27. The van der Waals surface area contributed by atoms with Gasteiger partial charge in [-0.3, -0.25) is 9.69 Å². The van der Waals surface area contributed by atoms with Crippen molar-refractivity contribution < 1.29 is 9.53 Å². The maximum Gasteiger partial charge on any atom is 0.252 e. The lowest BCUT2D eigenvalue weighted by atomic mass is 10.0. The van der Waals surface area contributed by atoms with E-state index < -0.39 is 0 Å². The number of benzene rings is 1. The highest BCUT2D eigenvalue weighted by atomic mass is 35.5. The summed E-state index contributed by atoms with van der Waals surface area (Å²) in [4.78, 5) is 18.6. The number of anilines is 1. The molecule has 2 aliphatic heterocycles. The van der Waals surface area contributed by atoms with Gasteiger partial charge in [-0.25, -0.2) is 0 Å². The van der Waals surface area contributed by atoms with Gasteiger partial charge in [0.2, 0.25) is 0 Å². The number of ether oxygens (including phenoxy) is 1. The van der Waals surface area contributed by atoms with Crippen molar-refractivity contribution >= 4 is 23.2 Å². The largest absolute Gasteiger partial charge is 0.371 e. The summed E-state index contributed by atoms with van der Waals surface area (Å²) in [6.07, 6.45) is 1.89. The summed E-state index contributed by atoms with van der Waals surface area (Å²) in [6, 6.07) is 6.83. The molecule has 0 radical (unpaired) electrons. The number of halogens is 1. The lowest BCUT2D eigenvalue weighted by molar-refractivity contribution is -0.148. The Hall–Kier alpha value is -1.30. The van der Waals surface area contributed by atoms with Crippen molar-refractivity contribution in [3.8, 4) is 0 Å². The Kier molecular flexibility index (Phi) is 5.87. The Morgan fingerprint density at radius 3 is 2.60 bits per heavy atom. The van der Waals surface area contributed by atoms with Crippen LogP contribution in [0.2, 0.25) is 5.02 Å². The summed E-state index contributed by atoms with van der Waals surface area (Å²) in [5, 5.41) is 0.831. The third-order valence-electron chi connectivity index (χ3n) is 5.32. The molecule has 6 heteroatoms. The van der Waals surface area contributed by atoms with Gasteiger partial charge in [0.05, 0.1) is 6.61 Å². The molecule has 0 bridgehead atoms. The van der Waals surface area contributed by atoms with Crippen LogP contribution in [0.25, 0.3) is 0 Å². The minimum Gasteiger partial charge on any atom is -0.371 e. The van der Waals surface area contributed by atoms with Gasteiger partial charge >= 0.3 is 0 Å². The normalized spacial score (nSPS) is 22.9. The van der Waals surface area contributed by atoms with Crippen LogP contribution in [0.4, 0.5) is 5.69 Å². The number of hydrogen-bond donors (Lipinski definition) is 0. The van der Waals surface area contributed by atoms with E-state index in [1.54, 1.807) is 19.0 Å². The summed E-state index contributed by atoms with van der Waals surface area (Å²) in [5.41, 5.74) is 2.32. The second kappa shape index (κ2) is 7.94. The molecule has 0 saturated carbocycles. The van der Waals surface area contributed by atoms with Gasteiger partial charge in [0.1, 0.15) is 6.10 Å². The first-order valence-corrected chi connectivity index (χ1v) is 9.41. The molecule has 5 nitrogen and oxygen atoms in total. The maximum absolute atomic E-state index is 12.2. The average Bonchev–Trinajstić information content (AvgIpc) is 2.63. The van der Waals surface area contributed by atoms with Crippen molar-refractivity contribution in [2.45, 2.75) is 31.9 Å². The van der Waals surface area contributed by atoms with Crippen molar-refractivity contribution in [3.63, 3.8) is 0 Å². The summed E-state index contributed by atoms with van der Waals surface area (Å²) < 4.78 is 5.68. The van der Waals surface area contributed by atoms with Gasteiger partial charge in [-0.05, 0) is 37.5 Å². The van der Waals surface area contributed by atoms with Gasteiger partial charge in [0.25, 0.3) is 5.91 Å². The van der Waals surface area contributed by atoms with E-state index in [0.717, 1.165) is 43.1 Å². The zero-order chi connectivity index (χ0) is 18.0. The number of nitrogens with zero attached hydrogens (tertiary/aromatic N) is 3. The van der Waals surface area contributed by atoms with Crippen LogP contribution >= 0.6 is 11.6 Å². The first-order chi connectivity index (χ1) is 12.0. The Labute approximate surface area is 155 Å². The first-order valence-electron chi connectivity index (χ1n) is 9.03. The third-order valence-corrected chi connectivity index (χ3v) is 5.72. The number of carbonyl (C=O) groups is 1. The number of morpholine rings is 1. The minimum absolute atomic E-state index is 0.0661. The predicted molar refractivity (Wildman–Crippen MR) is 101 cm³/mol. The summed E-state index contributed by atoms with van der Waals surface area (Å²) in [7, 11) is 3.58. The number of amides is 1. The molecular formula is C19H28ClN3O2. The van der Waals surface area contributed by atoms with E-state index in [1.807, 2.05) is 6.92 Å². The topological polar surface area (TPSA) is 36.0 Å². The Bertz CT molecular complexity index is 615. The van der Waals surface area contributed by atoms with E-state index in [9.17, 15) is 4.79 Å². The third kappa shape index (κ3) is 4.27. The highest BCUT2D eigenvalue weighted by Crippen LogP contribution is 2.27. The fraction of sp³-hybridized carbons (Fsp3) is 0.632. The molecule has 1 amide bonds. The number of piperidine rings is 1. The fourth-order valence-electron chi connectivity index (χ4n) is 3.71. The molecule has 1 aromatic carbocycles. The molecule has 2 fully saturated rings. The van der Waals surface area contributed by atoms with E-state index in [2.05, 4.69) is 28.0 Å². The molecule has 1 atom stereocenters. The molecule has 2 aliphatic rings. The Balaban J connectivity index is 1.56. The van der Waals surface area contributed by atoms with Crippen molar-refractivity contribution in [1.82, 2.24) is 9.80 Å². The molecule has 0 aliphatic carbocycles. The molecule has 3 rings (SSSR count). The van der Waals surface area contributed by atoms with E-state index >= 15 is 0 Å². The zero-order valence-corrected chi connectivity index (χ0v) is 16.1. The van der Waals surface area contributed by atoms with Crippen molar-refractivity contribution in [3.05, 3.63) is 28.8 Å². The van der Waals surface area contributed by atoms with Gasteiger partial charge in [-0.15, -0.1) is 0 Å². The average molecular weight is 366 g/mol. The van der Waals surface area contributed by atoms with Gasteiger partial charge in [-0.1, -0.05) is 17.7 Å². The van der Waals surface area contributed by atoms with Crippen LogP contribution in [0.15, 0.2) is 18.2 Å². The fourth-order valence-corrected chi connectivity index (χ4v) is 3.88. The van der Waals surface area contributed by atoms with Crippen LogP contribution < -0.4 is 4.90 Å². The molecular weight excluding hydrogens is 338 g/mol. The smallest absolute Gasteiger partial charge is 0.252 e. The number of likely N-dealkylation sites (N-methyl/N-ethyl adjacent to an activating group) is 1. The van der Waals surface area contributed by atoms with Crippen LogP contribution in [-0.4, -0.2) is 74.7 Å². The van der Waals surface area contributed by atoms with Crippen LogP contribution in [0.3, 0.4) is 0 Å². The lowest BCUT2D eigenvalue weighted by Gasteiger charge is -2.42. The SMILES string of the molecule is Cc1ccc(N2CCC(N3CCO[C@@H](C(=O)N(C)C)C3)CC2)cc1Cl. The second-order valence-electron chi connectivity index (χ2n) is 7.24. The van der Waals surface area contributed by atoms with E-state index in [4.69, 9.17) is 16.3 Å². The zero-order valence-electron chi connectivity index (χ0n) is 15.4. The quantitative estimate of drug-likeness (QED) is 0.824. The molecule has 1 aromatic rings. The molecule has 0 aromatic heterocycles. The molecule has 0 unspecified atom stereocenters. The highest BCUT2D eigenvalue weighted by molar-refractivity contribution is 6.31. The maximum atomic E-state index is 12.2. The van der Waals surface area contributed by atoms with Gasteiger partial charge < -0.3 is 14.5 Å². The van der Waals surface area contributed by atoms with E-state index in [0.29, 0.717) is 19.2 Å². The summed E-state index contributed by atoms with van der Waals surface area (Å²) in [6.45, 7) is 6.33. The monoisotopic (exact) mass is 365 g/mol. The predicted octanol–water partition coefficient (Wildman–Crippen LogP) is 2.41. The van der Waals surface area contributed by atoms with Gasteiger partial charge in [-0.2, -0.15) is 0 Å². The standard InChI is InChI=1S/C19H28ClN3O2/c1-14-4-5-16(12-17(14)20)22-8-6-15(7-9-22)23-10-11-25-18(13-23)19(24)21(2)3/h4-5,12,15,18H,6-11,13H2,1-3H3/t18-/m1/s1. The number of hydrogen-bond acceptors (Lipinski definition) is 4. The van der Waals surface area contributed by atoms with Crippen LogP contribution in [-0.2, 0) is 9.53 Å². The lowest BCUT2D eigenvalue weighted by Crippen LogP contribution is -2.54. The molecule has 0 N–H and O–H groups in total. The second-order valence-corrected chi connectivity index (χ2v) is 7.65. The Morgan fingerprint density at radius 2 is 1.96 bits per heavy atom. The highest BCUT2D eigenvalue weighted by Gasteiger charge is 2.33. The van der Waals surface area contributed by atoms with Crippen LogP contribution in [0, 0.1) is 6.92 Å². The number of carbonyl (C=O) groups excluding carboxylic acids is 1. The Morgan fingerprint density at radius 1 is 1.24 bits per heavy atom. The molecule has 0 spiro atoms. The first kappa shape index (κ1) is 18.5. The summed E-state index contributed by atoms with van der Waals surface area (Å²) in [5.74, 6) is 0.0661. The van der Waals surface area contributed by atoms with Crippen molar-refractivity contribution in [1.29, 1.82) is 0 Å². The number of rotatable bonds is 3. The van der Waals surface area contributed by atoms with Crippen molar-refractivity contribution in [2.24, 2.45) is 0 Å². The van der Waals surface area contributed by atoms with E-state index in [1.165, 1.54) is 5.69 Å². The minimum atomic E-state index is -0.322. The van der Waals surface area contributed by atoms with E-state index in [-0.39, 0.29) is 12.0 Å². The molecule has 138 valence electrons. The van der Waals surface area contributed by atoms with Gasteiger partial charge in [0.15, 0.2) is 0 Å². The molecule has 2 heterocycles. The molecule has 25 heavy (non-hydrogen) atoms. The number of aryl methyl sites for hydroxylation is 1. The molecule has 2 saturated heterocycles.